The summed E-state index contributed by atoms with van der Waals surface area (Å²) < 4.78 is 5.71. The number of carbonyl (C=O) groups is 1. The molecule has 4 nitrogen and oxygen atoms in total. The van der Waals surface area contributed by atoms with Crippen LogP contribution in [0.2, 0.25) is 0 Å². The molecule has 98 valence electrons. The van der Waals surface area contributed by atoms with E-state index in [2.05, 4.69) is 12.2 Å². The van der Waals surface area contributed by atoms with Crippen LogP contribution in [0, 0.1) is 17.8 Å². The average molecular weight is 240 g/mol. The molecule has 2 rings (SSSR count). The topological polar surface area (TPSA) is 64.3 Å². The van der Waals surface area contributed by atoms with Crippen molar-refractivity contribution in [3.8, 4) is 0 Å². The van der Waals surface area contributed by atoms with Gasteiger partial charge in [0.1, 0.15) is 0 Å². The van der Waals surface area contributed by atoms with Crippen LogP contribution >= 0.6 is 0 Å². The van der Waals surface area contributed by atoms with E-state index >= 15 is 0 Å². The van der Waals surface area contributed by atoms with Gasteiger partial charge in [0.2, 0.25) is 5.91 Å². The molecule has 1 aliphatic carbocycles. The molecule has 1 saturated heterocycles. The van der Waals surface area contributed by atoms with Crippen LogP contribution in [0.5, 0.6) is 0 Å². The molecule has 0 aromatic rings. The van der Waals surface area contributed by atoms with Crippen LogP contribution in [0.25, 0.3) is 0 Å². The molecule has 2 fully saturated rings. The van der Waals surface area contributed by atoms with Gasteiger partial charge in [-0.3, -0.25) is 4.79 Å². The molecule has 17 heavy (non-hydrogen) atoms. The van der Waals surface area contributed by atoms with E-state index in [4.69, 9.17) is 10.5 Å². The first kappa shape index (κ1) is 12.8. The van der Waals surface area contributed by atoms with E-state index in [1.165, 1.54) is 12.8 Å². The van der Waals surface area contributed by atoms with Gasteiger partial charge in [-0.2, -0.15) is 0 Å². The molecule has 5 atom stereocenters. The number of ether oxygens (including phenoxy) is 1. The third kappa shape index (κ3) is 2.63. The highest BCUT2D eigenvalue weighted by atomic mass is 16.5. The van der Waals surface area contributed by atoms with E-state index in [1.807, 2.05) is 13.8 Å². The number of nitrogens with two attached hydrogens (primary N) is 1. The van der Waals surface area contributed by atoms with Gasteiger partial charge in [0.25, 0.3) is 0 Å². The Bertz CT molecular complexity index is 291. The summed E-state index contributed by atoms with van der Waals surface area (Å²) in [7, 11) is 0. The van der Waals surface area contributed by atoms with Gasteiger partial charge in [-0.1, -0.05) is 6.92 Å². The number of nitrogens with one attached hydrogen (secondary N) is 1. The summed E-state index contributed by atoms with van der Waals surface area (Å²) in [6.07, 6.45) is 2.57. The van der Waals surface area contributed by atoms with Gasteiger partial charge >= 0.3 is 0 Å². The number of hydrogen-bond acceptors (Lipinski definition) is 3. The van der Waals surface area contributed by atoms with E-state index < -0.39 is 0 Å². The number of amides is 1. The fraction of sp³-hybridized carbons (Fsp3) is 0.923. The van der Waals surface area contributed by atoms with Crippen LogP contribution in [0.4, 0.5) is 0 Å². The summed E-state index contributed by atoms with van der Waals surface area (Å²) >= 11 is 0. The Kier molecular flexibility index (Phi) is 3.73. The van der Waals surface area contributed by atoms with Crippen molar-refractivity contribution in [1.29, 1.82) is 0 Å². The van der Waals surface area contributed by atoms with Crippen molar-refractivity contribution in [1.82, 2.24) is 5.32 Å². The second kappa shape index (κ2) is 4.94. The van der Waals surface area contributed by atoms with Gasteiger partial charge < -0.3 is 15.8 Å². The van der Waals surface area contributed by atoms with E-state index in [0.717, 1.165) is 0 Å². The van der Waals surface area contributed by atoms with Crippen molar-refractivity contribution >= 4 is 5.91 Å². The molecule has 1 aliphatic heterocycles. The predicted octanol–water partition coefficient (Wildman–Crippen LogP) is 0.899. The first-order valence-corrected chi connectivity index (χ1v) is 6.70. The minimum Gasteiger partial charge on any atom is -0.374 e. The van der Waals surface area contributed by atoms with Crippen molar-refractivity contribution in [3.05, 3.63) is 0 Å². The highest BCUT2D eigenvalue weighted by molar-refractivity contribution is 5.80. The number of carbonyl (C=O) groups excluding carboxylic acids is 1. The van der Waals surface area contributed by atoms with Gasteiger partial charge in [-0.25, -0.2) is 0 Å². The van der Waals surface area contributed by atoms with Gasteiger partial charge in [0.15, 0.2) is 0 Å². The lowest BCUT2D eigenvalue weighted by atomic mass is 9.88. The molecule has 0 spiro atoms. The SMILES string of the molecule is CC1OC(C)C(C(=O)NC(CN)C2CC2)C1C. The molecule has 1 heterocycles. The maximum absolute atomic E-state index is 12.3. The normalized spacial score (nSPS) is 39.1. The Balaban J connectivity index is 1.94. The zero-order valence-electron chi connectivity index (χ0n) is 11.0. The Morgan fingerprint density at radius 2 is 2.00 bits per heavy atom. The zero-order valence-corrected chi connectivity index (χ0v) is 11.0. The maximum Gasteiger partial charge on any atom is 0.226 e. The monoisotopic (exact) mass is 240 g/mol. The molecule has 0 bridgehead atoms. The minimum absolute atomic E-state index is 0.0117. The molecule has 3 N–H and O–H groups in total. The van der Waals surface area contributed by atoms with E-state index in [0.29, 0.717) is 12.5 Å². The number of hydrogen-bond donors (Lipinski definition) is 2. The van der Waals surface area contributed by atoms with E-state index in [9.17, 15) is 4.79 Å². The molecule has 1 saturated carbocycles. The lowest BCUT2D eigenvalue weighted by molar-refractivity contribution is -0.128. The molecular formula is C13H24N2O2. The molecular weight excluding hydrogens is 216 g/mol. The molecule has 2 aliphatic rings. The Labute approximate surface area is 103 Å². The highest BCUT2D eigenvalue weighted by Gasteiger charge is 2.43. The Hall–Kier alpha value is -0.610. The largest absolute Gasteiger partial charge is 0.374 e. The molecule has 0 radical (unpaired) electrons. The third-order valence-electron chi connectivity index (χ3n) is 4.32. The van der Waals surface area contributed by atoms with Gasteiger partial charge in [0, 0.05) is 12.6 Å². The summed E-state index contributed by atoms with van der Waals surface area (Å²) in [5.41, 5.74) is 5.71. The summed E-state index contributed by atoms with van der Waals surface area (Å²) in [5, 5.41) is 3.11. The standard InChI is InChI=1S/C13H24N2O2/c1-7-8(2)17-9(3)12(7)13(16)15-11(6-14)10-4-5-10/h7-12H,4-6,14H2,1-3H3,(H,15,16). The van der Waals surface area contributed by atoms with Crippen molar-refractivity contribution < 1.29 is 9.53 Å². The van der Waals surface area contributed by atoms with Gasteiger partial charge in [0.05, 0.1) is 18.1 Å². The minimum atomic E-state index is -0.0298. The molecule has 0 aromatic heterocycles. The van der Waals surface area contributed by atoms with Crippen LogP contribution in [0.1, 0.15) is 33.6 Å². The van der Waals surface area contributed by atoms with E-state index in [1.54, 1.807) is 0 Å². The quantitative estimate of drug-likeness (QED) is 0.767. The summed E-state index contributed by atoms with van der Waals surface area (Å²) in [6, 6.07) is 0.165. The zero-order chi connectivity index (χ0) is 12.6. The molecule has 4 heteroatoms. The van der Waals surface area contributed by atoms with Crippen molar-refractivity contribution in [2.75, 3.05) is 6.54 Å². The smallest absolute Gasteiger partial charge is 0.226 e. The molecule has 5 unspecified atom stereocenters. The van der Waals surface area contributed by atoms with Crippen LogP contribution in [-0.4, -0.2) is 30.7 Å². The summed E-state index contributed by atoms with van der Waals surface area (Å²) in [5.74, 6) is 0.978. The molecule has 1 amide bonds. The molecule has 0 aromatic carbocycles. The van der Waals surface area contributed by atoms with Crippen LogP contribution < -0.4 is 11.1 Å². The highest BCUT2D eigenvalue weighted by Crippen LogP contribution is 2.35. The summed E-state index contributed by atoms with van der Waals surface area (Å²) in [6.45, 7) is 6.66. The third-order valence-corrected chi connectivity index (χ3v) is 4.32. The average Bonchev–Trinajstić information content (AvgIpc) is 3.05. The first-order valence-electron chi connectivity index (χ1n) is 6.70. The van der Waals surface area contributed by atoms with E-state index in [-0.39, 0.29) is 36.0 Å². The fourth-order valence-electron chi connectivity index (χ4n) is 2.87. The Morgan fingerprint density at radius 3 is 2.41 bits per heavy atom. The van der Waals surface area contributed by atoms with Crippen LogP contribution in [0.3, 0.4) is 0 Å². The van der Waals surface area contributed by atoms with Crippen LogP contribution in [-0.2, 0) is 9.53 Å². The van der Waals surface area contributed by atoms with Crippen molar-refractivity contribution in [2.45, 2.75) is 51.9 Å². The predicted molar refractivity (Wildman–Crippen MR) is 66.4 cm³/mol. The lowest BCUT2D eigenvalue weighted by Crippen LogP contribution is -2.47. The number of rotatable bonds is 4. The Morgan fingerprint density at radius 1 is 1.35 bits per heavy atom. The second-order valence-corrected chi connectivity index (χ2v) is 5.62. The van der Waals surface area contributed by atoms with Crippen molar-refractivity contribution in [2.24, 2.45) is 23.5 Å². The van der Waals surface area contributed by atoms with Gasteiger partial charge in [-0.15, -0.1) is 0 Å². The summed E-state index contributed by atoms with van der Waals surface area (Å²) in [4.78, 5) is 12.3. The first-order chi connectivity index (χ1) is 8.04. The van der Waals surface area contributed by atoms with Crippen molar-refractivity contribution in [3.63, 3.8) is 0 Å². The van der Waals surface area contributed by atoms with Crippen LogP contribution in [0.15, 0.2) is 0 Å². The maximum atomic E-state index is 12.3. The van der Waals surface area contributed by atoms with Gasteiger partial charge in [-0.05, 0) is 38.5 Å². The second-order valence-electron chi connectivity index (χ2n) is 5.62. The lowest BCUT2D eigenvalue weighted by Gasteiger charge is -2.22. The fourth-order valence-corrected chi connectivity index (χ4v) is 2.87.